The van der Waals surface area contributed by atoms with Crippen LogP contribution in [0.25, 0.3) is 0 Å². The van der Waals surface area contributed by atoms with Gasteiger partial charge in [0, 0.05) is 45.0 Å². The molecular weight excluding hydrogens is 294 g/mol. The van der Waals surface area contributed by atoms with Crippen molar-refractivity contribution in [2.45, 2.75) is 32.4 Å². The van der Waals surface area contributed by atoms with Crippen molar-refractivity contribution in [1.82, 2.24) is 24.9 Å². The summed E-state index contributed by atoms with van der Waals surface area (Å²) in [6.07, 6.45) is 6.02. The highest BCUT2D eigenvalue weighted by Crippen LogP contribution is 2.11. The van der Waals surface area contributed by atoms with Crippen molar-refractivity contribution in [2.75, 3.05) is 45.9 Å². The average Bonchev–Trinajstić information content (AvgIpc) is 3.00. The fraction of sp³-hybridized carbons (Fsp3) is 0.750. The topological polar surface area (TPSA) is 62.6 Å². The van der Waals surface area contributed by atoms with Crippen LogP contribution in [0.4, 0.5) is 4.79 Å². The number of carbonyl (C=O) groups is 1. The molecule has 0 atom stereocenters. The molecule has 0 saturated carbocycles. The molecule has 1 aromatic rings. The lowest BCUT2D eigenvalue weighted by Gasteiger charge is -2.34. The number of rotatable bonds is 4. The van der Waals surface area contributed by atoms with Crippen LogP contribution in [0.1, 0.15) is 18.4 Å². The summed E-state index contributed by atoms with van der Waals surface area (Å²) >= 11 is 0. The predicted octanol–water partition coefficient (Wildman–Crippen LogP) is 0.698. The summed E-state index contributed by atoms with van der Waals surface area (Å²) in [7, 11) is 0. The van der Waals surface area contributed by atoms with Gasteiger partial charge in [0.25, 0.3) is 0 Å². The minimum atomic E-state index is 0.0683. The minimum Gasteiger partial charge on any atom is -0.378 e. The van der Waals surface area contributed by atoms with E-state index in [1.165, 1.54) is 5.56 Å². The number of hydrogen-bond acceptors (Lipinski definition) is 4. The second-order valence-electron chi connectivity index (χ2n) is 6.45. The standard InChI is InChI=1S/C16H27N5O2/c1-14-12-17-21(13-14)7-6-19-4-2-15(3-5-19)18-16(22)20-8-10-23-11-9-20/h12-13,15H,2-11H2,1H3,(H,18,22). The van der Waals surface area contributed by atoms with Crippen molar-refractivity contribution in [3.8, 4) is 0 Å². The molecule has 2 aliphatic heterocycles. The Balaban J connectivity index is 1.35. The molecule has 128 valence electrons. The number of urea groups is 1. The van der Waals surface area contributed by atoms with Crippen molar-refractivity contribution in [3.63, 3.8) is 0 Å². The largest absolute Gasteiger partial charge is 0.378 e. The molecule has 2 fully saturated rings. The number of piperidine rings is 1. The van der Waals surface area contributed by atoms with E-state index in [0.717, 1.165) is 39.0 Å². The summed E-state index contributed by atoms with van der Waals surface area (Å²) in [5.74, 6) is 0. The van der Waals surface area contributed by atoms with Crippen LogP contribution in [-0.2, 0) is 11.3 Å². The Kier molecular flexibility index (Phi) is 5.51. The highest BCUT2D eigenvalue weighted by molar-refractivity contribution is 5.74. The third kappa shape index (κ3) is 4.68. The van der Waals surface area contributed by atoms with Gasteiger partial charge in [-0.2, -0.15) is 5.10 Å². The molecule has 7 heteroatoms. The Labute approximate surface area is 137 Å². The van der Waals surface area contributed by atoms with E-state index in [0.29, 0.717) is 32.3 Å². The fourth-order valence-electron chi connectivity index (χ4n) is 3.17. The Bertz CT molecular complexity index is 504. The second-order valence-corrected chi connectivity index (χ2v) is 6.45. The van der Waals surface area contributed by atoms with Crippen LogP contribution < -0.4 is 5.32 Å². The fourth-order valence-corrected chi connectivity index (χ4v) is 3.17. The molecule has 0 radical (unpaired) electrons. The number of ether oxygens (including phenoxy) is 1. The summed E-state index contributed by atoms with van der Waals surface area (Å²) < 4.78 is 7.28. The van der Waals surface area contributed by atoms with Gasteiger partial charge in [0.1, 0.15) is 0 Å². The van der Waals surface area contributed by atoms with Crippen LogP contribution in [0.3, 0.4) is 0 Å². The lowest BCUT2D eigenvalue weighted by Crippen LogP contribution is -2.52. The number of nitrogens with zero attached hydrogens (tertiary/aromatic N) is 4. The zero-order valence-electron chi connectivity index (χ0n) is 13.9. The molecule has 7 nitrogen and oxygen atoms in total. The van der Waals surface area contributed by atoms with Crippen LogP contribution in [0.2, 0.25) is 0 Å². The number of nitrogens with one attached hydrogen (secondary N) is 1. The van der Waals surface area contributed by atoms with Gasteiger partial charge in [0.2, 0.25) is 0 Å². The van der Waals surface area contributed by atoms with E-state index in [9.17, 15) is 4.79 Å². The van der Waals surface area contributed by atoms with Gasteiger partial charge in [-0.25, -0.2) is 4.79 Å². The van der Waals surface area contributed by atoms with E-state index >= 15 is 0 Å². The van der Waals surface area contributed by atoms with Gasteiger partial charge in [-0.15, -0.1) is 0 Å². The smallest absolute Gasteiger partial charge is 0.317 e. The maximum atomic E-state index is 12.2. The number of aryl methyl sites for hydroxylation is 1. The molecule has 0 aliphatic carbocycles. The first-order valence-electron chi connectivity index (χ1n) is 8.55. The van der Waals surface area contributed by atoms with Crippen LogP contribution in [0.15, 0.2) is 12.4 Å². The van der Waals surface area contributed by atoms with E-state index in [2.05, 4.69) is 28.4 Å². The van der Waals surface area contributed by atoms with Crippen molar-refractivity contribution >= 4 is 6.03 Å². The minimum absolute atomic E-state index is 0.0683. The van der Waals surface area contributed by atoms with Crippen molar-refractivity contribution < 1.29 is 9.53 Å². The van der Waals surface area contributed by atoms with E-state index in [1.54, 1.807) is 0 Å². The highest BCUT2D eigenvalue weighted by Gasteiger charge is 2.23. The molecule has 0 unspecified atom stereocenters. The lowest BCUT2D eigenvalue weighted by atomic mass is 10.1. The van der Waals surface area contributed by atoms with Crippen molar-refractivity contribution in [3.05, 3.63) is 18.0 Å². The van der Waals surface area contributed by atoms with Crippen LogP contribution in [0.5, 0.6) is 0 Å². The molecule has 3 rings (SSSR count). The van der Waals surface area contributed by atoms with Gasteiger partial charge < -0.3 is 19.9 Å². The Morgan fingerprint density at radius 2 is 2.00 bits per heavy atom. The zero-order chi connectivity index (χ0) is 16.1. The first-order chi connectivity index (χ1) is 11.2. The number of carbonyl (C=O) groups excluding carboxylic acids is 1. The Morgan fingerprint density at radius 3 is 2.65 bits per heavy atom. The number of likely N-dealkylation sites (tertiary alicyclic amines) is 1. The Morgan fingerprint density at radius 1 is 1.26 bits per heavy atom. The van der Waals surface area contributed by atoms with Crippen LogP contribution in [-0.4, -0.2) is 77.6 Å². The predicted molar refractivity (Wildman–Crippen MR) is 87.3 cm³/mol. The molecule has 1 aromatic heterocycles. The third-order valence-electron chi connectivity index (χ3n) is 4.62. The Hall–Kier alpha value is -1.60. The monoisotopic (exact) mass is 321 g/mol. The summed E-state index contributed by atoms with van der Waals surface area (Å²) in [5, 5.41) is 7.50. The number of morpholine rings is 1. The molecule has 1 N–H and O–H groups in total. The first kappa shape index (κ1) is 16.3. The molecule has 2 aliphatic rings. The second kappa shape index (κ2) is 7.79. The molecule has 0 spiro atoms. The van der Waals surface area contributed by atoms with Gasteiger partial charge in [-0.05, 0) is 25.3 Å². The van der Waals surface area contributed by atoms with Crippen molar-refractivity contribution in [2.24, 2.45) is 0 Å². The maximum Gasteiger partial charge on any atom is 0.317 e. The first-order valence-corrected chi connectivity index (χ1v) is 8.55. The lowest BCUT2D eigenvalue weighted by molar-refractivity contribution is 0.0516. The summed E-state index contributed by atoms with van der Waals surface area (Å²) in [6.45, 7) is 8.79. The quantitative estimate of drug-likeness (QED) is 0.887. The van der Waals surface area contributed by atoms with Crippen LogP contribution >= 0.6 is 0 Å². The molecule has 0 bridgehead atoms. The normalized spacial score (nSPS) is 20.7. The van der Waals surface area contributed by atoms with Crippen LogP contribution in [0, 0.1) is 6.92 Å². The average molecular weight is 321 g/mol. The number of amides is 2. The van der Waals surface area contributed by atoms with E-state index in [-0.39, 0.29) is 6.03 Å². The molecule has 0 aromatic carbocycles. The van der Waals surface area contributed by atoms with E-state index in [4.69, 9.17) is 4.74 Å². The van der Waals surface area contributed by atoms with Gasteiger partial charge >= 0.3 is 6.03 Å². The van der Waals surface area contributed by atoms with Gasteiger partial charge in [-0.1, -0.05) is 0 Å². The zero-order valence-corrected chi connectivity index (χ0v) is 13.9. The summed E-state index contributed by atoms with van der Waals surface area (Å²) in [6, 6.07) is 0.368. The van der Waals surface area contributed by atoms with Crippen molar-refractivity contribution in [1.29, 1.82) is 0 Å². The molecule has 2 amide bonds. The summed E-state index contributed by atoms with van der Waals surface area (Å²) in [5.41, 5.74) is 1.20. The van der Waals surface area contributed by atoms with E-state index < -0.39 is 0 Å². The molecule has 3 heterocycles. The third-order valence-corrected chi connectivity index (χ3v) is 4.62. The van der Waals surface area contributed by atoms with Gasteiger partial charge in [0.15, 0.2) is 0 Å². The summed E-state index contributed by atoms with van der Waals surface area (Å²) in [4.78, 5) is 16.5. The molecule has 2 saturated heterocycles. The number of aromatic nitrogens is 2. The molecule has 23 heavy (non-hydrogen) atoms. The van der Waals surface area contributed by atoms with E-state index in [1.807, 2.05) is 15.8 Å². The number of hydrogen-bond donors (Lipinski definition) is 1. The maximum absolute atomic E-state index is 12.2. The van der Waals surface area contributed by atoms with Gasteiger partial charge in [-0.3, -0.25) is 4.68 Å². The highest BCUT2D eigenvalue weighted by atomic mass is 16.5. The van der Waals surface area contributed by atoms with Gasteiger partial charge in [0.05, 0.1) is 26.0 Å². The molecular formula is C16H27N5O2. The SMILES string of the molecule is Cc1cnn(CCN2CCC(NC(=O)N3CCOCC3)CC2)c1.